The molecule has 0 aliphatic rings. The predicted octanol–water partition coefficient (Wildman–Crippen LogP) is 7.69. The van der Waals surface area contributed by atoms with Crippen molar-refractivity contribution in [2.75, 3.05) is 18.5 Å². The summed E-state index contributed by atoms with van der Waals surface area (Å²) in [5.74, 6) is 1.01. The zero-order valence-electron chi connectivity index (χ0n) is 18.5. The van der Waals surface area contributed by atoms with Crippen LogP contribution in [0, 0.1) is 0 Å². The molecule has 1 heterocycles. The van der Waals surface area contributed by atoms with E-state index in [0.29, 0.717) is 0 Å². The third-order valence-corrected chi connectivity index (χ3v) is 6.00. The minimum atomic E-state index is 0.891. The molecule has 156 valence electrons. The van der Waals surface area contributed by atoms with Gasteiger partial charge in [-0.15, -0.1) is 0 Å². The number of pyridine rings is 1. The standard InChI is InChI=1S/C30H26N2/c1-3-32(2)30-28(21-24-16-10-11-17-29(24)31-30)27-19-25(22-12-6-4-7-13-22)18-26(20-27)23-14-8-5-9-15-23/h4-21H,3H2,1-2H3. The van der Waals surface area contributed by atoms with E-state index in [-0.39, 0.29) is 0 Å². The fraction of sp³-hybridized carbons (Fsp3) is 0.100. The molecule has 0 spiro atoms. The maximum atomic E-state index is 5.05. The smallest absolute Gasteiger partial charge is 0.136 e. The van der Waals surface area contributed by atoms with Crippen molar-refractivity contribution in [3.63, 3.8) is 0 Å². The van der Waals surface area contributed by atoms with E-state index in [1.165, 1.54) is 27.8 Å². The Morgan fingerprint density at radius 3 is 1.72 bits per heavy atom. The lowest BCUT2D eigenvalue weighted by molar-refractivity contribution is 0.946. The van der Waals surface area contributed by atoms with Crippen molar-refractivity contribution in [1.29, 1.82) is 0 Å². The quantitative estimate of drug-likeness (QED) is 0.293. The molecule has 0 radical (unpaired) electrons. The Labute approximate surface area is 189 Å². The van der Waals surface area contributed by atoms with Gasteiger partial charge in [0.2, 0.25) is 0 Å². The van der Waals surface area contributed by atoms with Gasteiger partial charge >= 0.3 is 0 Å². The Bertz CT molecular complexity index is 1300. The van der Waals surface area contributed by atoms with Crippen LogP contribution in [0.5, 0.6) is 0 Å². The topological polar surface area (TPSA) is 16.1 Å². The summed E-state index contributed by atoms with van der Waals surface area (Å²) in [6, 6.07) is 38.7. The zero-order chi connectivity index (χ0) is 21.9. The third-order valence-electron chi connectivity index (χ3n) is 6.00. The summed E-state index contributed by atoms with van der Waals surface area (Å²) in [5, 5.41) is 1.15. The van der Waals surface area contributed by atoms with Crippen molar-refractivity contribution < 1.29 is 0 Å². The van der Waals surface area contributed by atoms with Crippen LogP contribution < -0.4 is 4.90 Å². The van der Waals surface area contributed by atoms with E-state index in [2.05, 4.69) is 122 Å². The van der Waals surface area contributed by atoms with E-state index < -0.39 is 0 Å². The summed E-state index contributed by atoms with van der Waals surface area (Å²) in [6.45, 7) is 3.05. The summed E-state index contributed by atoms with van der Waals surface area (Å²) in [5.41, 5.74) is 8.20. The van der Waals surface area contributed by atoms with E-state index >= 15 is 0 Å². The highest BCUT2D eigenvalue weighted by molar-refractivity contribution is 5.92. The lowest BCUT2D eigenvalue weighted by Gasteiger charge is -2.21. The van der Waals surface area contributed by atoms with Gasteiger partial charge in [0.05, 0.1) is 5.52 Å². The van der Waals surface area contributed by atoms with Gasteiger partial charge in [-0.1, -0.05) is 78.9 Å². The van der Waals surface area contributed by atoms with Gasteiger partial charge in [0.25, 0.3) is 0 Å². The minimum absolute atomic E-state index is 0.891. The first-order chi connectivity index (χ1) is 15.7. The summed E-state index contributed by atoms with van der Waals surface area (Å²) in [6.07, 6.45) is 0. The van der Waals surface area contributed by atoms with Gasteiger partial charge in [0.15, 0.2) is 0 Å². The Balaban J connectivity index is 1.78. The zero-order valence-corrected chi connectivity index (χ0v) is 18.5. The summed E-state index contributed by atoms with van der Waals surface area (Å²) in [4.78, 5) is 7.27. The van der Waals surface area contributed by atoms with Crippen LogP contribution in [-0.2, 0) is 0 Å². The number of fused-ring (bicyclic) bond motifs is 1. The van der Waals surface area contributed by atoms with Crippen molar-refractivity contribution in [2.45, 2.75) is 6.92 Å². The predicted molar refractivity (Wildman–Crippen MR) is 137 cm³/mol. The molecule has 0 bridgehead atoms. The Morgan fingerprint density at radius 1 is 0.594 bits per heavy atom. The first kappa shape index (κ1) is 20.0. The third kappa shape index (κ3) is 3.88. The molecular weight excluding hydrogens is 388 g/mol. The van der Waals surface area contributed by atoms with Crippen molar-refractivity contribution in [2.24, 2.45) is 0 Å². The highest BCUT2D eigenvalue weighted by atomic mass is 15.2. The largest absolute Gasteiger partial charge is 0.359 e. The molecule has 2 nitrogen and oxygen atoms in total. The fourth-order valence-electron chi connectivity index (χ4n) is 4.14. The average Bonchev–Trinajstić information content (AvgIpc) is 2.88. The van der Waals surface area contributed by atoms with Gasteiger partial charge in [-0.2, -0.15) is 0 Å². The average molecular weight is 415 g/mol. The highest BCUT2D eigenvalue weighted by Gasteiger charge is 2.15. The van der Waals surface area contributed by atoms with Crippen molar-refractivity contribution in [3.05, 3.63) is 109 Å². The molecule has 0 N–H and O–H groups in total. The maximum absolute atomic E-state index is 5.05. The van der Waals surface area contributed by atoms with Crippen LogP contribution in [0.1, 0.15) is 6.92 Å². The summed E-state index contributed by atoms with van der Waals surface area (Å²) in [7, 11) is 2.11. The molecule has 0 saturated carbocycles. The lowest BCUT2D eigenvalue weighted by atomic mass is 9.93. The molecule has 0 fully saturated rings. The molecule has 0 aliphatic carbocycles. The summed E-state index contributed by atoms with van der Waals surface area (Å²) >= 11 is 0. The molecule has 0 saturated heterocycles. The van der Waals surface area contributed by atoms with E-state index in [1.54, 1.807) is 0 Å². The number of nitrogens with zero attached hydrogens (tertiary/aromatic N) is 2. The van der Waals surface area contributed by atoms with Crippen LogP contribution in [0.3, 0.4) is 0 Å². The molecule has 5 rings (SSSR count). The van der Waals surface area contributed by atoms with E-state index in [1.807, 2.05) is 6.07 Å². The van der Waals surface area contributed by atoms with Crippen LogP contribution in [0.25, 0.3) is 44.3 Å². The van der Waals surface area contributed by atoms with Gasteiger partial charge in [-0.05, 0) is 65.1 Å². The molecule has 5 aromatic rings. The highest BCUT2D eigenvalue weighted by Crippen LogP contribution is 2.37. The van der Waals surface area contributed by atoms with Crippen LogP contribution in [0.2, 0.25) is 0 Å². The van der Waals surface area contributed by atoms with E-state index in [0.717, 1.165) is 28.8 Å². The molecule has 2 heteroatoms. The molecule has 0 amide bonds. The Hall–Kier alpha value is -3.91. The SMILES string of the molecule is CCN(C)c1nc2ccccc2cc1-c1cc(-c2ccccc2)cc(-c2ccccc2)c1. The van der Waals surface area contributed by atoms with E-state index in [9.17, 15) is 0 Å². The summed E-state index contributed by atoms with van der Waals surface area (Å²) < 4.78 is 0. The number of benzene rings is 4. The number of hydrogen-bond acceptors (Lipinski definition) is 2. The van der Waals surface area contributed by atoms with Gasteiger partial charge in [-0.3, -0.25) is 0 Å². The number of hydrogen-bond donors (Lipinski definition) is 0. The number of para-hydroxylation sites is 1. The van der Waals surface area contributed by atoms with Crippen molar-refractivity contribution in [3.8, 4) is 33.4 Å². The Kier molecular flexibility index (Phi) is 5.43. The Morgan fingerprint density at radius 2 is 1.12 bits per heavy atom. The van der Waals surface area contributed by atoms with Crippen molar-refractivity contribution >= 4 is 16.7 Å². The second-order valence-corrected chi connectivity index (χ2v) is 8.10. The van der Waals surface area contributed by atoms with Crippen LogP contribution >= 0.6 is 0 Å². The second-order valence-electron chi connectivity index (χ2n) is 8.10. The minimum Gasteiger partial charge on any atom is -0.359 e. The number of anilines is 1. The molecule has 1 aromatic heterocycles. The maximum Gasteiger partial charge on any atom is 0.136 e. The first-order valence-electron chi connectivity index (χ1n) is 11.1. The second kappa shape index (κ2) is 8.68. The van der Waals surface area contributed by atoms with Crippen molar-refractivity contribution in [1.82, 2.24) is 4.98 Å². The fourth-order valence-corrected chi connectivity index (χ4v) is 4.14. The lowest BCUT2D eigenvalue weighted by Crippen LogP contribution is -2.18. The molecule has 0 atom stereocenters. The first-order valence-corrected chi connectivity index (χ1v) is 11.1. The molecule has 32 heavy (non-hydrogen) atoms. The van der Waals surface area contributed by atoms with Gasteiger partial charge in [-0.25, -0.2) is 4.98 Å². The number of aromatic nitrogens is 1. The van der Waals surface area contributed by atoms with Gasteiger partial charge < -0.3 is 4.90 Å². The molecule has 0 aliphatic heterocycles. The molecular formula is C30H26N2. The van der Waals surface area contributed by atoms with Gasteiger partial charge in [0.1, 0.15) is 5.82 Å². The normalized spacial score (nSPS) is 10.9. The van der Waals surface area contributed by atoms with Crippen LogP contribution in [0.4, 0.5) is 5.82 Å². The van der Waals surface area contributed by atoms with Crippen LogP contribution in [-0.4, -0.2) is 18.6 Å². The van der Waals surface area contributed by atoms with E-state index in [4.69, 9.17) is 4.98 Å². The van der Waals surface area contributed by atoms with Crippen LogP contribution in [0.15, 0.2) is 109 Å². The van der Waals surface area contributed by atoms with Gasteiger partial charge in [0, 0.05) is 24.5 Å². The molecule has 4 aromatic carbocycles. The monoisotopic (exact) mass is 414 g/mol. The molecule has 0 unspecified atom stereocenters. The number of rotatable bonds is 5.